The highest BCUT2D eigenvalue weighted by Crippen LogP contribution is 2.33. The van der Waals surface area contributed by atoms with Crippen LogP contribution in [0.2, 0.25) is 0 Å². The van der Waals surface area contributed by atoms with Crippen LogP contribution in [0.1, 0.15) is 27.7 Å². The third kappa shape index (κ3) is 4.58. The predicted octanol–water partition coefficient (Wildman–Crippen LogP) is 2.27. The molecule has 0 radical (unpaired) electrons. The van der Waals surface area contributed by atoms with Crippen LogP contribution in [-0.4, -0.2) is 59.4 Å². The molecule has 1 aliphatic heterocycles. The Morgan fingerprint density at radius 1 is 1.42 bits per heavy atom. The molecule has 0 saturated carbocycles. The lowest BCUT2D eigenvalue weighted by atomic mass is 10.1. The van der Waals surface area contributed by atoms with Crippen LogP contribution in [0.4, 0.5) is 11.4 Å². The topological polar surface area (TPSA) is 79.1 Å². The molecule has 0 spiro atoms. The van der Waals surface area contributed by atoms with Crippen molar-refractivity contribution in [2.24, 2.45) is 0 Å². The van der Waals surface area contributed by atoms with Crippen LogP contribution in [0.25, 0.3) is 0 Å². The lowest BCUT2D eigenvalue weighted by molar-refractivity contribution is -0.385. The molecule has 7 nitrogen and oxygen atoms in total. The van der Waals surface area contributed by atoms with E-state index in [9.17, 15) is 15.2 Å². The number of piperazine rings is 1. The molecule has 1 saturated heterocycles. The Bertz CT molecular complexity index is 586. The van der Waals surface area contributed by atoms with Crippen molar-refractivity contribution < 1.29 is 14.8 Å². The average Bonchev–Trinajstić information content (AvgIpc) is 2.45. The quantitative estimate of drug-likeness (QED) is 0.634. The molecule has 24 heavy (non-hydrogen) atoms. The summed E-state index contributed by atoms with van der Waals surface area (Å²) in [5.41, 5.74) is 0.213. The van der Waals surface area contributed by atoms with Crippen molar-refractivity contribution in [2.75, 3.05) is 37.7 Å². The number of rotatable bonds is 6. The van der Waals surface area contributed by atoms with Gasteiger partial charge in [-0.05, 0) is 33.8 Å². The molecule has 0 aromatic heterocycles. The Morgan fingerprint density at radius 2 is 2.12 bits per heavy atom. The first-order valence-electron chi connectivity index (χ1n) is 8.34. The Labute approximate surface area is 143 Å². The van der Waals surface area contributed by atoms with Gasteiger partial charge >= 0.3 is 5.69 Å². The Kier molecular flexibility index (Phi) is 5.66. The van der Waals surface area contributed by atoms with Crippen LogP contribution >= 0.6 is 0 Å². The Morgan fingerprint density at radius 3 is 2.67 bits per heavy atom. The summed E-state index contributed by atoms with van der Waals surface area (Å²) in [6, 6.07) is 5.29. The van der Waals surface area contributed by atoms with E-state index in [1.807, 2.05) is 20.8 Å². The normalized spacial score (nSPS) is 19.4. The van der Waals surface area contributed by atoms with E-state index in [0.717, 1.165) is 25.3 Å². The highest BCUT2D eigenvalue weighted by molar-refractivity contribution is 5.60. The second-order valence-corrected chi connectivity index (χ2v) is 6.93. The molecule has 1 atom stereocenters. The lowest BCUT2D eigenvalue weighted by Crippen LogP contribution is -2.54. The minimum absolute atomic E-state index is 0.00563. The number of ether oxygens (including phenoxy) is 1. The number of aliphatic hydroxyl groups is 1. The first kappa shape index (κ1) is 18.5. The molecule has 1 aromatic rings. The molecule has 2 rings (SSSR count). The van der Waals surface area contributed by atoms with Gasteiger partial charge in [0.05, 0.1) is 17.1 Å². The van der Waals surface area contributed by atoms with Crippen LogP contribution in [0, 0.1) is 10.1 Å². The van der Waals surface area contributed by atoms with Crippen molar-refractivity contribution in [1.82, 2.24) is 4.90 Å². The summed E-state index contributed by atoms with van der Waals surface area (Å²) in [5.74, 6) is 0.311. The summed E-state index contributed by atoms with van der Waals surface area (Å²) in [4.78, 5) is 15.2. The maximum Gasteiger partial charge on any atom is 0.311 e. The molecule has 1 fully saturated rings. The van der Waals surface area contributed by atoms with Gasteiger partial charge in [-0.1, -0.05) is 0 Å². The molecule has 1 N–H and O–H groups in total. The molecule has 1 unspecified atom stereocenters. The van der Waals surface area contributed by atoms with Gasteiger partial charge in [0.2, 0.25) is 0 Å². The minimum Gasteiger partial charge on any atom is -0.487 e. The minimum atomic E-state index is -0.711. The number of anilines is 1. The van der Waals surface area contributed by atoms with Gasteiger partial charge in [-0.2, -0.15) is 0 Å². The molecular weight excluding hydrogens is 310 g/mol. The Hall–Kier alpha value is -1.86. The van der Waals surface area contributed by atoms with E-state index in [2.05, 4.69) is 16.7 Å². The van der Waals surface area contributed by atoms with Crippen LogP contribution in [0.15, 0.2) is 18.2 Å². The van der Waals surface area contributed by atoms with Gasteiger partial charge in [-0.25, -0.2) is 0 Å². The first-order valence-corrected chi connectivity index (χ1v) is 8.34. The smallest absolute Gasteiger partial charge is 0.311 e. The van der Waals surface area contributed by atoms with Crippen LogP contribution in [0.5, 0.6) is 5.75 Å². The SMILES string of the molecule is CCOc1cc(N2CCN(CC(C)(C)O)CC2C)ccc1[N+](=O)[O-]. The number of hydrogen-bond acceptors (Lipinski definition) is 6. The van der Waals surface area contributed by atoms with E-state index in [-0.39, 0.29) is 11.7 Å². The third-order valence-electron chi connectivity index (χ3n) is 4.09. The summed E-state index contributed by atoms with van der Waals surface area (Å²) in [6.07, 6.45) is 0. The van der Waals surface area contributed by atoms with E-state index >= 15 is 0 Å². The van der Waals surface area contributed by atoms with Crippen LogP contribution in [0.3, 0.4) is 0 Å². The standard InChI is InChI=1S/C17H27N3O4/c1-5-24-16-10-14(6-7-15(16)20(22)23)19-9-8-18(11-13(19)2)12-17(3,4)21/h6-7,10,13,21H,5,8-9,11-12H2,1-4H3. The van der Waals surface area contributed by atoms with Crippen molar-refractivity contribution in [3.63, 3.8) is 0 Å². The van der Waals surface area contributed by atoms with E-state index in [4.69, 9.17) is 4.74 Å². The van der Waals surface area contributed by atoms with Crippen molar-refractivity contribution in [3.8, 4) is 5.75 Å². The highest BCUT2D eigenvalue weighted by atomic mass is 16.6. The van der Waals surface area contributed by atoms with Crippen LogP contribution in [-0.2, 0) is 0 Å². The zero-order chi connectivity index (χ0) is 17.9. The van der Waals surface area contributed by atoms with Gasteiger partial charge in [0, 0.05) is 50.0 Å². The fourth-order valence-electron chi connectivity index (χ4n) is 3.21. The van der Waals surface area contributed by atoms with E-state index < -0.39 is 10.5 Å². The molecule has 0 amide bonds. The van der Waals surface area contributed by atoms with Gasteiger partial charge in [-0.15, -0.1) is 0 Å². The molecule has 1 aromatic carbocycles. The van der Waals surface area contributed by atoms with Gasteiger partial charge in [0.1, 0.15) is 0 Å². The van der Waals surface area contributed by atoms with E-state index in [0.29, 0.717) is 18.9 Å². The highest BCUT2D eigenvalue weighted by Gasteiger charge is 2.28. The third-order valence-corrected chi connectivity index (χ3v) is 4.09. The monoisotopic (exact) mass is 337 g/mol. The molecular formula is C17H27N3O4. The molecule has 0 bridgehead atoms. The second-order valence-electron chi connectivity index (χ2n) is 6.93. The molecule has 1 aliphatic rings. The van der Waals surface area contributed by atoms with E-state index in [1.54, 1.807) is 12.1 Å². The van der Waals surface area contributed by atoms with Crippen molar-refractivity contribution in [3.05, 3.63) is 28.3 Å². The zero-order valence-corrected chi connectivity index (χ0v) is 14.9. The summed E-state index contributed by atoms with van der Waals surface area (Å²) in [5, 5.41) is 21.1. The number of hydrogen-bond donors (Lipinski definition) is 1. The Balaban J connectivity index is 2.15. The van der Waals surface area contributed by atoms with Crippen molar-refractivity contribution in [2.45, 2.75) is 39.3 Å². The fourth-order valence-corrected chi connectivity index (χ4v) is 3.21. The summed E-state index contributed by atoms with van der Waals surface area (Å²) >= 11 is 0. The second kappa shape index (κ2) is 7.36. The number of β-amino-alcohol motifs (C(OH)–C–C–N with tert-alkyl or cyclic N) is 1. The van der Waals surface area contributed by atoms with Gasteiger partial charge in [0.25, 0.3) is 0 Å². The number of nitrogens with zero attached hydrogens (tertiary/aromatic N) is 3. The molecule has 134 valence electrons. The largest absolute Gasteiger partial charge is 0.487 e. The maximum atomic E-state index is 11.1. The number of nitro benzene ring substituents is 1. The lowest BCUT2D eigenvalue weighted by Gasteiger charge is -2.42. The number of benzene rings is 1. The zero-order valence-electron chi connectivity index (χ0n) is 14.9. The number of nitro groups is 1. The van der Waals surface area contributed by atoms with E-state index in [1.165, 1.54) is 6.07 Å². The van der Waals surface area contributed by atoms with Crippen molar-refractivity contribution >= 4 is 11.4 Å². The molecule has 7 heteroatoms. The fraction of sp³-hybridized carbons (Fsp3) is 0.647. The van der Waals surface area contributed by atoms with Gasteiger partial charge < -0.3 is 14.7 Å². The van der Waals surface area contributed by atoms with Gasteiger partial charge in [-0.3, -0.25) is 15.0 Å². The average molecular weight is 337 g/mol. The summed E-state index contributed by atoms with van der Waals surface area (Å²) in [7, 11) is 0. The maximum absolute atomic E-state index is 11.1. The van der Waals surface area contributed by atoms with Gasteiger partial charge in [0.15, 0.2) is 5.75 Å². The summed E-state index contributed by atoms with van der Waals surface area (Å²) < 4.78 is 5.44. The first-order chi connectivity index (χ1) is 11.2. The predicted molar refractivity (Wildman–Crippen MR) is 93.8 cm³/mol. The molecule has 0 aliphatic carbocycles. The van der Waals surface area contributed by atoms with Crippen molar-refractivity contribution in [1.29, 1.82) is 0 Å². The molecule has 1 heterocycles. The van der Waals surface area contributed by atoms with Crippen LogP contribution < -0.4 is 9.64 Å². The summed E-state index contributed by atoms with van der Waals surface area (Å²) in [6.45, 7) is 11.1.